The molecule has 2 aromatic rings. The van der Waals surface area contributed by atoms with Crippen molar-refractivity contribution in [3.8, 4) is 11.5 Å². The van der Waals surface area contributed by atoms with Crippen LogP contribution in [0.15, 0.2) is 54.3 Å². The number of ether oxygens (including phenoxy) is 2. The van der Waals surface area contributed by atoms with E-state index in [4.69, 9.17) is 9.47 Å². The minimum Gasteiger partial charge on any atom is -0.492 e. The molecule has 0 unspecified atom stereocenters. The van der Waals surface area contributed by atoms with Crippen LogP contribution in [-0.4, -0.2) is 54.8 Å². The molecule has 3 fully saturated rings. The van der Waals surface area contributed by atoms with Gasteiger partial charge in [-0.3, -0.25) is 9.69 Å². The molecular weight excluding hydrogens is 416 g/mol. The fourth-order valence-electron chi connectivity index (χ4n) is 4.70. The standard InChI is InChI=1S/C27H30N2O4/c30-22-16-28(17-22)13-14-32-25-10-7-21(15-24(25)20-3-4-20)29-12-11-26(27(29)31)33-23-8-5-19(6-9-23)18-1-2-18/h5-11,15,18,20,22,30H,1-4,12-14,16-17H2. The summed E-state index contributed by atoms with van der Waals surface area (Å²) >= 11 is 0. The van der Waals surface area contributed by atoms with E-state index < -0.39 is 0 Å². The molecule has 2 aliphatic heterocycles. The molecule has 6 nitrogen and oxygen atoms in total. The van der Waals surface area contributed by atoms with Crippen LogP contribution in [0, 0.1) is 0 Å². The van der Waals surface area contributed by atoms with Crippen LogP contribution in [0.3, 0.4) is 0 Å². The van der Waals surface area contributed by atoms with Gasteiger partial charge in [-0.15, -0.1) is 0 Å². The first kappa shape index (κ1) is 20.8. The number of amides is 1. The molecule has 0 bridgehead atoms. The summed E-state index contributed by atoms with van der Waals surface area (Å²) in [6.45, 7) is 3.40. The molecule has 0 aromatic heterocycles. The molecule has 6 rings (SSSR count). The van der Waals surface area contributed by atoms with E-state index in [0.29, 0.717) is 36.5 Å². The van der Waals surface area contributed by atoms with Crippen molar-refractivity contribution in [2.75, 3.05) is 37.7 Å². The van der Waals surface area contributed by atoms with Gasteiger partial charge in [0.15, 0.2) is 5.76 Å². The monoisotopic (exact) mass is 446 g/mol. The minimum atomic E-state index is -0.186. The smallest absolute Gasteiger partial charge is 0.294 e. The SMILES string of the molecule is O=C1C(Oc2ccc(C3CC3)cc2)=CCN1c1ccc(OCCN2CC(O)C2)c(C2CC2)c1. The lowest BCUT2D eigenvalue weighted by atomic mass is 10.1. The molecular formula is C27H30N2O4. The summed E-state index contributed by atoms with van der Waals surface area (Å²) < 4.78 is 12.0. The number of likely N-dealkylation sites (tertiary alicyclic amines) is 1. The van der Waals surface area contributed by atoms with Crippen LogP contribution >= 0.6 is 0 Å². The number of rotatable bonds is 9. The van der Waals surface area contributed by atoms with Gasteiger partial charge in [0, 0.05) is 31.9 Å². The van der Waals surface area contributed by atoms with Gasteiger partial charge in [-0.05, 0) is 85.1 Å². The Morgan fingerprint density at radius 1 is 0.970 bits per heavy atom. The lowest BCUT2D eigenvalue weighted by molar-refractivity contribution is -0.116. The molecule has 172 valence electrons. The molecule has 2 saturated carbocycles. The van der Waals surface area contributed by atoms with Gasteiger partial charge in [0.2, 0.25) is 0 Å². The van der Waals surface area contributed by atoms with E-state index in [9.17, 15) is 9.90 Å². The molecule has 0 spiro atoms. The second kappa shape index (κ2) is 8.50. The van der Waals surface area contributed by atoms with Crippen molar-refractivity contribution in [3.63, 3.8) is 0 Å². The van der Waals surface area contributed by atoms with Crippen LogP contribution in [0.1, 0.15) is 48.6 Å². The van der Waals surface area contributed by atoms with E-state index in [1.165, 1.54) is 24.0 Å². The highest BCUT2D eigenvalue weighted by Gasteiger charge is 2.32. The molecule has 33 heavy (non-hydrogen) atoms. The lowest BCUT2D eigenvalue weighted by Crippen LogP contribution is -2.51. The molecule has 0 atom stereocenters. The van der Waals surface area contributed by atoms with Crippen LogP contribution < -0.4 is 14.4 Å². The van der Waals surface area contributed by atoms with Crippen LogP contribution in [0.4, 0.5) is 5.69 Å². The fourth-order valence-corrected chi connectivity index (χ4v) is 4.70. The van der Waals surface area contributed by atoms with E-state index >= 15 is 0 Å². The zero-order chi connectivity index (χ0) is 22.4. The normalized spacial score (nSPS) is 21.2. The number of hydrogen-bond donors (Lipinski definition) is 1. The first-order valence-electron chi connectivity index (χ1n) is 12.1. The second-order valence-electron chi connectivity index (χ2n) is 9.69. The molecule has 6 heteroatoms. The molecule has 1 N–H and O–H groups in total. The van der Waals surface area contributed by atoms with E-state index in [0.717, 1.165) is 43.9 Å². The molecule has 1 saturated heterocycles. The van der Waals surface area contributed by atoms with Crippen molar-refractivity contribution in [2.24, 2.45) is 0 Å². The average molecular weight is 447 g/mol. The summed E-state index contributed by atoms with van der Waals surface area (Å²) in [5.41, 5.74) is 3.43. The number of carbonyl (C=O) groups is 1. The Hall–Kier alpha value is -2.83. The number of aliphatic hydroxyl groups is 1. The van der Waals surface area contributed by atoms with Gasteiger partial charge < -0.3 is 19.5 Å². The number of aliphatic hydroxyl groups excluding tert-OH is 1. The maximum Gasteiger partial charge on any atom is 0.294 e. The number of carbonyl (C=O) groups excluding carboxylic acids is 1. The zero-order valence-corrected chi connectivity index (χ0v) is 18.8. The molecule has 1 amide bonds. The van der Waals surface area contributed by atoms with Gasteiger partial charge in [-0.1, -0.05) is 12.1 Å². The second-order valence-corrected chi connectivity index (χ2v) is 9.69. The Kier molecular flexibility index (Phi) is 5.35. The Morgan fingerprint density at radius 2 is 1.73 bits per heavy atom. The van der Waals surface area contributed by atoms with Gasteiger partial charge >= 0.3 is 0 Å². The Morgan fingerprint density at radius 3 is 2.42 bits per heavy atom. The van der Waals surface area contributed by atoms with E-state index in [-0.39, 0.29) is 12.0 Å². The number of β-amino-alcohol motifs (C(OH)–C–C–N with tert-alkyl or cyclic N) is 1. The van der Waals surface area contributed by atoms with E-state index in [1.807, 2.05) is 30.3 Å². The van der Waals surface area contributed by atoms with Crippen LogP contribution in [0.25, 0.3) is 0 Å². The number of hydrogen-bond acceptors (Lipinski definition) is 5. The number of benzene rings is 2. The summed E-state index contributed by atoms with van der Waals surface area (Å²) in [4.78, 5) is 17.0. The molecule has 4 aliphatic rings. The number of anilines is 1. The highest BCUT2D eigenvalue weighted by atomic mass is 16.5. The third-order valence-corrected chi connectivity index (χ3v) is 7.00. The van der Waals surface area contributed by atoms with Gasteiger partial charge in [0.05, 0.1) is 6.10 Å². The maximum absolute atomic E-state index is 13.1. The average Bonchev–Trinajstić information content (AvgIpc) is 3.72. The van der Waals surface area contributed by atoms with E-state index in [1.54, 1.807) is 4.90 Å². The summed E-state index contributed by atoms with van der Waals surface area (Å²) in [7, 11) is 0. The summed E-state index contributed by atoms with van der Waals surface area (Å²) in [5, 5.41) is 9.42. The first-order valence-corrected chi connectivity index (χ1v) is 12.1. The molecule has 2 aromatic carbocycles. The summed E-state index contributed by atoms with van der Waals surface area (Å²) in [6, 6.07) is 14.2. The van der Waals surface area contributed by atoms with Gasteiger partial charge in [0.1, 0.15) is 18.1 Å². The third-order valence-electron chi connectivity index (χ3n) is 7.00. The molecule has 0 radical (unpaired) electrons. The van der Waals surface area contributed by atoms with Gasteiger partial charge in [0.25, 0.3) is 5.91 Å². The predicted molar refractivity (Wildman–Crippen MR) is 126 cm³/mol. The third kappa shape index (κ3) is 4.50. The predicted octanol–water partition coefficient (Wildman–Crippen LogP) is 3.81. The van der Waals surface area contributed by atoms with Crippen molar-refractivity contribution in [1.82, 2.24) is 4.90 Å². The quantitative estimate of drug-likeness (QED) is 0.635. The summed E-state index contributed by atoms with van der Waals surface area (Å²) in [5.74, 6) is 3.12. The van der Waals surface area contributed by atoms with Gasteiger partial charge in [-0.2, -0.15) is 0 Å². The summed E-state index contributed by atoms with van der Waals surface area (Å²) in [6.07, 6.45) is 6.54. The van der Waals surface area contributed by atoms with Crippen LogP contribution in [-0.2, 0) is 4.79 Å². The largest absolute Gasteiger partial charge is 0.492 e. The topological polar surface area (TPSA) is 62.2 Å². The van der Waals surface area contributed by atoms with Crippen molar-refractivity contribution < 1.29 is 19.4 Å². The molecule has 2 heterocycles. The van der Waals surface area contributed by atoms with E-state index in [2.05, 4.69) is 23.1 Å². The Balaban J connectivity index is 1.10. The molecule has 2 aliphatic carbocycles. The van der Waals surface area contributed by atoms with Crippen molar-refractivity contribution in [1.29, 1.82) is 0 Å². The number of nitrogens with zero attached hydrogens (tertiary/aromatic N) is 2. The first-order chi connectivity index (χ1) is 16.1. The highest BCUT2D eigenvalue weighted by molar-refractivity contribution is 6.07. The minimum absolute atomic E-state index is 0.104. The Bertz CT molecular complexity index is 1070. The van der Waals surface area contributed by atoms with Crippen LogP contribution in [0.2, 0.25) is 0 Å². The Labute approximate surface area is 194 Å². The van der Waals surface area contributed by atoms with Crippen molar-refractivity contribution in [3.05, 3.63) is 65.4 Å². The van der Waals surface area contributed by atoms with Gasteiger partial charge in [-0.25, -0.2) is 0 Å². The zero-order valence-electron chi connectivity index (χ0n) is 18.8. The van der Waals surface area contributed by atoms with Crippen molar-refractivity contribution in [2.45, 2.75) is 43.6 Å². The highest BCUT2D eigenvalue weighted by Crippen LogP contribution is 2.46. The lowest BCUT2D eigenvalue weighted by Gasteiger charge is -2.35. The maximum atomic E-state index is 13.1. The van der Waals surface area contributed by atoms with Crippen LogP contribution in [0.5, 0.6) is 11.5 Å². The fraction of sp³-hybridized carbons (Fsp3) is 0.444. The van der Waals surface area contributed by atoms with Crippen molar-refractivity contribution >= 4 is 11.6 Å².